The summed E-state index contributed by atoms with van der Waals surface area (Å²) in [6.45, 7) is 3.90. The normalized spacial score (nSPS) is 15.7. The molecule has 1 saturated heterocycles. The molecule has 5 nitrogen and oxygen atoms in total. The van der Waals surface area contributed by atoms with Crippen LogP contribution in [0.5, 0.6) is 0 Å². The lowest BCUT2D eigenvalue weighted by molar-refractivity contribution is -0.114. The molecule has 2 amide bonds. The SMILES string of the molecule is CC(=O)Nc1ccc(C(=O)N2CCOCC2)s1. The zero-order valence-electron chi connectivity index (χ0n) is 9.56. The molecule has 0 aromatic carbocycles. The summed E-state index contributed by atoms with van der Waals surface area (Å²) in [6.07, 6.45) is 0. The molecule has 1 aromatic rings. The Morgan fingerprint density at radius 1 is 1.35 bits per heavy atom. The maximum Gasteiger partial charge on any atom is 0.264 e. The summed E-state index contributed by atoms with van der Waals surface area (Å²) in [5.41, 5.74) is 0. The molecule has 1 aliphatic rings. The lowest BCUT2D eigenvalue weighted by atomic mass is 10.3. The van der Waals surface area contributed by atoms with E-state index < -0.39 is 0 Å². The molecule has 0 atom stereocenters. The summed E-state index contributed by atoms with van der Waals surface area (Å²) in [6, 6.07) is 3.49. The molecule has 1 aromatic heterocycles. The predicted molar refractivity (Wildman–Crippen MR) is 65.3 cm³/mol. The van der Waals surface area contributed by atoms with Crippen LogP contribution in [-0.2, 0) is 9.53 Å². The van der Waals surface area contributed by atoms with Gasteiger partial charge in [-0.05, 0) is 12.1 Å². The van der Waals surface area contributed by atoms with Gasteiger partial charge in [0.05, 0.1) is 23.1 Å². The fourth-order valence-corrected chi connectivity index (χ4v) is 2.54. The van der Waals surface area contributed by atoms with Crippen LogP contribution in [0.2, 0.25) is 0 Å². The van der Waals surface area contributed by atoms with Gasteiger partial charge in [-0.15, -0.1) is 11.3 Å². The van der Waals surface area contributed by atoms with Crippen LogP contribution < -0.4 is 5.32 Å². The third-order valence-electron chi connectivity index (χ3n) is 2.41. The topological polar surface area (TPSA) is 58.6 Å². The van der Waals surface area contributed by atoms with Crippen molar-refractivity contribution in [1.82, 2.24) is 4.90 Å². The number of carbonyl (C=O) groups excluding carboxylic acids is 2. The molecule has 0 aliphatic carbocycles. The van der Waals surface area contributed by atoms with Gasteiger partial charge in [-0.25, -0.2) is 0 Å². The third kappa shape index (κ3) is 3.04. The Labute approximate surface area is 103 Å². The van der Waals surface area contributed by atoms with Crippen LogP contribution in [0, 0.1) is 0 Å². The van der Waals surface area contributed by atoms with Crippen LogP contribution in [-0.4, -0.2) is 43.0 Å². The van der Waals surface area contributed by atoms with Gasteiger partial charge in [-0.3, -0.25) is 9.59 Å². The predicted octanol–water partition coefficient (Wildman–Crippen LogP) is 1.18. The van der Waals surface area contributed by atoms with E-state index in [-0.39, 0.29) is 11.8 Å². The lowest BCUT2D eigenvalue weighted by Crippen LogP contribution is -2.40. The van der Waals surface area contributed by atoms with E-state index >= 15 is 0 Å². The monoisotopic (exact) mass is 254 g/mol. The van der Waals surface area contributed by atoms with Gasteiger partial charge in [0.2, 0.25) is 5.91 Å². The fraction of sp³-hybridized carbons (Fsp3) is 0.455. The molecular weight excluding hydrogens is 240 g/mol. The van der Waals surface area contributed by atoms with Crippen molar-refractivity contribution in [3.05, 3.63) is 17.0 Å². The molecule has 6 heteroatoms. The molecule has 92 valence electrons. The zero-order valence-corrected chi connectivity index (χ0v) is 10.4. The number of morpholine rings is 1. The molecule has 0 spiro atoms. The summed E-state index contributed by atoms with van der Waals surface area (Å²) < 4.78 is 5.20. The smallest absolute Gasteiger partial charge is 0.264 e. The molecule has 1 aliphatic heterocycles. The molecule has 2 rings (SSSR count). The van der Waals surface area contributed by atoms with Gasteiger partial charge >= 0.3 is 0 Å². The fourth-order valence-electron chi connectivity index (χ4n) is 1.62. The number of nitrogens with zero attached hydrogens (tertiary/aromatic N) is 1. The Bertz CT molecular complexity index is 424. The summed E-state index contributed by atoms with van der Waals surface area (Å²) >= 11 is 1.30. The quantitative estimate of drug-likeness (QED) is 0.862. The molecular formula is C11H14N2O3S. The minimum Gasteiger partial charge on any atom is -0.378 e. The molecule has 0 saturated carbocycles. The second-order valence-electron chi connectivity index (χ2n) is 3.75. The number of thiophene rings is 1. The Hall–Kier alpha value is -1.40. The highest BCUT2D eigenvalue weighted by atomic mass is 32.1. The first-order chi connectivity index (χ1) is 8.16. The number of amides is 2. The first-order valence-corrected chi connectivity index (χ1v) is 6.23. The van der Waals surface area contributed by atoms with Crippen LogP contribution in [0.1, 0.15) is 16.6 Å². The number of rotatable bonds is 2. The van der Waals surface area contributed by atoms with Crippen LogP contribution in [0.25, 0.3) is 0 Å². The summed E-state index contributed by atoms with van der Waals surface area (Å²) in [5, 5.41) is 3.37. The standard InChI is InChI=1S/C11H14N2O3S/c1-8(14)12-10-3-2-9(17-10)11(15)13-4-6-16-7-5-13/h2-3H,4-7H2,1H3,(H,12,14). The molecule has 1 fully saturated rings. The van der Waals surface area contributed by atoms with E-state index in [1.54, 1.807) is 17.0 Å². The average molecular weight is 254 g/mol. The Kier molecular flexibility index (Phi) is 3.75. The van der Waals surface area contributed by atoms with Crippen molar-refractivity contribution in [1.29, 1.82) is 0 Å². The summed E-state index contributed by atoms with van der Waals surface area (Å²) in [4.78, 5) is 25.4. The average Bonchev–Trinajstić information content (AvgIpc) is 2.77. The molecule has 0 radical (unpaired) electrons. The minimum absolute atomic E-state index is 0.00917. The molecule has 0 bridgehead atoms. The van der Waals surface area contributed by atoms with Crippen molar-refractivity contribution in [2.24, 2.45) is 0 Å². The van der Waals surface area contributed by atoms with Crippen LogP contribution >= 0.6 is 11.3 Å². The van der Waals surface area contributed by atoms with Gasteiger partial charge < -0.3 is 15.0 Å². The summed E-state index contributed by atoms with van der Waals surface area (Å²) in [7, 11) is 0. The van der Waals surface area contributed by atoms with Gasteiger partial charge in [0.15, 0.2) is 0 Å². The van der Waals surface area contributed by atoms with Gasteiger partial charge in [0.1, 0.15) is 0 Å². The largest absolute Gasteiger partial charge is 0.378 e. The Morgan fingerprint density at radius 3 is 2.71 bits per heavy atom. The van der Waals surface area contributed by atoms with Crippen LogP contribution in [0.15, 0.2) is 12.1 Å². The number of ether oxygens (including phenoxy) is 1. The Morgan fingerprint density at radius 2 is 2.06 bits per heavy atom. The van der Waals surface area contributed by atoms with Crippen molar-refractivity contribution >= 4 is 28.2 Å². The van der Waals surface area contributed by atoms with Crippen LogP contribution in [0.3, 0.4) is 0 Å². The van der Waals surface area contributed by atoms with E-state index in [4.69, 9.17) is 4.74 Å². The van der Waals surface area contributed by atoms with Crippen molar-refractivity contribution in [3.63, 3.8) is 0 Å². The first-order valence-electron chi connectivity index (χ1n) is 5.41. The Balaban J connectivity index is 2.03. The minimum atomic E-state index is -0.128. The molecule has 17 heavy (non-hydrogen) atoms. The van der Waals surface area contributed by atoms with E-state index in [1.807, 2.05) is 0 Å². The van der Waals surface area contributed by atoms with E-state index in [0.29, 0.717) is 36.2 Å². The second-order valence-corrected chi connectivity index (χ2v) is 4.83. The first kappa shape index (κ1) is 12.1. The van der Waals surface area contributed by atoms with E-state index in [2.05, 4.69) is 5.32 Å². The van der Waals surface area contributed by atoms with Gasteiger partial charge in [-0.1, -0.05) is 0 Å². The number of anilines is 1. The van der Waals surface area contributed by atoms with Gasteiger partial charge in [0, 0.05) is 20.0 Å². The van der Waals surface area contributed by atoms with Gasteiger partial charge in [-0.2, -0.15) is 0 Å². The molecule has 1 N–H and O–H groups in total. The highest BCUT2D eigenvalue weighted by molar-refractivity contribution is 7.18. The number of nitrogens with one attached hydrogen (secondary N) is 1. The maximum absolute atomic E-state index is 12.1. The number of hydrogen-bond acceptors (Lipinski definition) is 4. The lowest BCUT2D eigenvalue weighted by Gasteiger charge is -2.26. The van der Waals surface area contributed by atoms with Crippen molar-refractivity contribution in [3.8, 4) is 0 Å². The molecule has 0 unspecified atom stereocenters. The van der Waals surface area contributed by atoms with E-state index in [9.17, 15) is 9.59 Å². The van der Waals surface area contributed by atoms with E-state index in [1.165, 1.54) is 18.3 Å². The molecule has 2 heterocycles. The zero-order chi connectivity index (χ0) is 12.3. The maximum atomic E-state index is 12.1. The van der Waals surface area contributed by atoms with Crippen LogP contribution in [0.4, 0.5) is 5.00 Å². The third-order valence-corrected chi connectivity index (χ3v) is 3.40. The highest BCUT2D eigenvalue weighted by Crippen LogP contribution is 2.23. The van der Waals surface area contributed by atoms with Crippen molar-refractivity contribution < 1.29 is 14.3 Å². The highest BCUT2D eigenvalue weighted by Gasteiger charge is 2.19. The van der Waals surface area contributed by atoms with E-state index in [0.717, 1.165) is 0 Å². The van der Waals surface area contributed by atoms with Crippen molar-refractivity contribution in [2.75, 3.05) is 31.6 Å². The van der Waals surface area contributed by atoms with Crippen molar-refractivity contribution in [2.45, 2.75) is 6.92 Å². The number of hydrogen-bond donors (Lipinski definition) is 1. The second kappa shape index (κ2) is 5.29. The number of carbonyl (C=O) groups is 2. The summed E-state index contributed by atoms with van der Waals surface area (Å²) in [5.74, 6) is -0.118. The van der Waals surface area contributed by atoms with Gasteiger partial charge in [0.25, 0.3) is 5.91 Å².